The second kappa shape index (κ2) is 9.75. The summed E-state index contributed by atoms with van der Waals surface area (Å²) in [6, 6.07) is 14.9. The highest BCUT2D eigenvalue weighted by Gasteiger charge is 2.24. The summed E-state index contributed by atoms with van der Waals surface area (Å²) in [6.45, 7) is 0. The minimum absolute atomic E-state index is 0.192. The van der Waals surface area contributed by atoms with Gasteiger partial charge in [0.2, 0.25) is 11.8 Å². The number of carbonyl (C=O) groups is 3. The van der Waals surface area contributed by atoms with Gasteiger partial charge in [-0.1, -0.05) is 41.4 Å². The third-order valence-electron chi connectivity index (χ3n) is 4.22. The number of thiophene rings is 1. The maximum Gasteiger partial charge on any atom is 0.265 e. The molecular formula is C21H17Cl2N3O3S. The normalized spacial score (nSPS) is 11.5. The van der Waals surface area contributed by atoms with Crippen LogP contribution < -0.4 is 16.4 Å². The molecule has 0 saturated heterocycles. The van der Waals surface area contributed by atoms with E-state index in [1.807, 2.05) is 5.38 Å². The smallest absolute Gasteiger partial charge is 0.265 e. The molecule has 1 heterocycles. The van der Waals surface area contributed by atoms with E-state index in [-0.39, 0.29) is 17.4 Å². The van der Waals surface area contributed by atoms with Crippen LogP contribution in [-0.2, 0) is 9.59 Å². The molecule has 2 aromatic carbocycles. The van der Waals surface area contributed by atoms with E-state index >= 15 is 0 Å². The van der Waals surface area contributed by atoms with Gasteiger partial charge in [0, 0.05) is 27.8 Å². The number of amides is 3. The molecule has 0 aliphatic rings. The quantitative estimate of drug-likeness (QED) is 0.465. The van der Waals surface area contributed by atoms with E-state index in [4.69, 9.17) is 28.9 Å². The fourth-order valence-corrected chi connectivity index (χ4v) is 3.98. The summed E-state index contributed by atoms with van der Waals surface area (Å²) in [5, 5.41) is 7.97. The van der Waals surface area contributed by atoms with Crippen LogP contribution in [0.4, 0.5) is 11.4 Å². The average molecular weight is 462 g/mol. The first kappa shape index (κ1) is 21.8. The number of hydrogen-bond donors (Lipinski definition) is 3. The molecule has 0 spiro atoms. The highest BCUT2D eigenvalue weighted by molar-refractivity contribution is 7.12. The zero-order valence-electron chi connectivity index (χ0n) is 15.5. The van der Waals surface area contributed by atoms with E-state index < -0.39 is 17.7 Å². The van der Waals surface area contributed by atoms with Gasteiger partial charge >= 0.3 is 0 Å². The van der Waals surface area contributed by atoms with Crippen LogP contribution in [0.2, 0.25) is 10.0 Å². The molecule has 30 heavy (non-hydrogen) atoms. The molecule has 9 heteroatoms. The number of halogens is 2. The molecule has 0 fully saturated rings. The minimum atomic E-state index is -0.906. The Morgan fingerprint density at radius 3 is 2.33 bits per heavy atom. The molecule has 6 nitrogen and oxygen atoms in total. The maximum absolute atomic E-state index is 12.5. The second-order valence-corrected chi connectivity index (χ2v) is 8.18. The Labute approximate surface area is 187 Å². The van der Waals surface area contributed by atoms with Crippen LogP contribution in [0.3, 0.4) is 0 Å². The minimum Gasteiger partial charge on any atom is -0.369 e. The molecule has 1 atom stereocenters. The van der Waals surface area contributed by atoms with Crippen LogP contribution in [0.25, 0.3) is 0 Å². The van der Waals surface area contributed by atoms with Gasteiger partial charge in [-0.3, -0.25) is 14.4 Å². The highest BCUT2D eigenvalue weighted by Crippen LogP contribution is 2.30. The first-order valence-corrected chi connectivity index (χ1v) is 10.5. The van der Waals surface area contributed by atoms with E-state index in [9.17, 15) is 14.4 Å². The number of hydrogen-bond acceptors (Lipinski definition) is 4. The van der Waals surface area contributed by atoms with Gasteiger partial charge in [-0.15, -0.1) is 11.3 Å². The summed E-state index contributed by atoms with van der Waals surface area (Å²) in [5.74, 6) is -2.24. The third kappa shape index (κ3) is 5.60. The molecule has 0 saturated carbocycles. The van der Waals surface area contributed by atoms with Crippen LogP contribution >= 0.6 is 34.5 Å². The molecule has 0 aliphatic heterocycles. The third-order valence-corrected chi connectivity index (χ3v) is 5.65. The van der Waals surface area contributed by atoms with E-state index in [2.05, 4.69) is 10.6 Å². The van der Waals surface area contributed by atoms with E-state index in [1.54, 1.807) is 48.5 Å². The van der Waals surface area contributed by atoms with Crippen LogP contribution in [0.1, 0.15) is 27.6 Å². The molecule has 0 radical (unpaired) electrons. The summed E-state index contributed by atoms with van der Waals surface area (Å²) in [5.41, 5.74) is 6.91. The molecule has 3 aromatic rings. The Kier molecular flexibility index (Phi) is 7.10. The van der Waals surface area contributed by atoms with Crippen molar-refractivity contribution in [3.63, 3.8) is 0 Å². The van der Waals surface area contributed by atoms with E-state index in [1.165, 1.54) is 17.4 Å². The van der Waals surface area contributed by atoms with Crippen LogP contribution in [0, 0.1) is 0 Å². The van der Waals surface area contributed by atoms with Crippen molar-refractivity contribution < 1.29 is 14.4 Å². The van der Waals surface area contributed by atoms with Gasteiger partial charge in [-0.25, -0.2) is 0 Å². The molecule has 1 unspecified atom stereocenters. The van der Waals surface area contributed by atoms with Crippen molar-refractivity contribution in [3.8, 4) is 0 Å². The number of carbonyl (C=O) groups excluding carboxylic acids is 3. The molecule has 0 aliphatic carbocycles. The summed E-state index contributed by atoms with van der Waals surface area (Å²) in [6.07, 6.45) is -0.192. The lowest BCUT2D eigenvalue weighted by Crippen LogP contribution is -2.26. The molecule has 4 N–H and O–H groups in total. The Bertz CT molecular complexity index is 1090. The SMILES string of the molecule is NC(=O)C(CC(=O)Nc1cccc(NC(=O)c2cccs2)c1)c1ccc(Cl)cc1Cl. The van der Waals surface area contributed by atoms with Crippen molar-refractivity contribution in [1.82, 2.24) is 0 Å². The van der Waals surface area contributed by atoms with Gasteiger partial charge < -0.3 is 16.4 Å². The number of nitrogens with one attached hydrogen (secondary N) is 2. The average Bonchev–Trinajstić information content (AvgIpc) is 3.22. The van der Waals surface area contributed by atoms with Crippen molar-refractivity contribution in [2.24, 2.45) is 5.73 Å². The van der Waals surface area contributed by atoms with E-state index in [0.717, 1.165) is 0 Å². The number of anilines is 2. The van der Waals surface area contributed by atoms with Gasteiger partial charge in [-0.2, -0.15) is 0 Å². The van der Waals surface area contributed by atoms with Crippen molar-refractivity contribution in [1.29, 1.82) is 0 Å². The van der Waals surface area contributed by atoms with Gasteiger partial charge in [0.15, 0.2) is 0 Å². The van der Waals surface area contributed by atoms with E-state index in [0.29, 0.717) is 26.8 Å². The fourth-order valence-electron chi connectivity index (χ4n) is 2.82. The van der Waals surface area contributed by atoms with Crippen molar-refractivity contribution in [3.05, 3.63) is 80.5 Å². The summed E-state index contributed by atoms with van der Waals surface area (Å²) in [4.78, 5) is 37.2. The number of primary amides is 1. The lowest BCUT2D eigenvalue weighted by molar-refractivity contribution is -0.123. The van der Waals surface area contributed by atoms with Gasteiger partial charge in [0.25, 0.3) is 5.91 Å². The molecule has 0 bridgehead atoms. The number of rotatable bonds is 7. The Morgan fingerprint density at radius 2 is 1.70 bits per heavy atom. The van der Waals surface area contributed by atoms with Crippen molar-refractivity contribution in [2.75, 3.05) is 10.6 Å². The standard InChI is InChI=1S/C21H17Cl2N3O3S/c22-12-6-7-15(17(23)9-12)16(20(24)28)11-19(27)25-13-3-1-4-14(10-13)26-21(29)18-5-2-8-30-18/h1-10,16H,11H2,(H2,24,28)(H,25,27)(H,26,29). The van der Waals surface area contributed by atoms with Crippen molar-refractivity contribution >= 4 is 63.6 Å². The van der Waals surface area contributed by atoms with Crippen LogP contribution in [0.5, 0.6) is 0 Å². The monoisotopic (exact) mass is 461 g/mol. The topological polar surface area (TPSA) is 101 Å². The van der Waals surface area contributed by atoms with Gasteiger partial charge in [-0.05, 0) is 47.3 Å². The fraction of sp³-hybridized carbons (Fsp3) is 0.0952. The number of nitrogens with two attached hydrogens (primary N) is 1. The summed E-state index contributed by atoms with van der Waals surface area (Å²) >= 11 is 13.4. The largest absolute Gasteiger partial charge is 0.369 e. The molecular weight excluding hydrogens is 445 g/mol. The second-order valence-electron chi connectivity index (χ2n) is 6.39. The molecule has 154 valence electrons. The van der Waals surface area contributed by atoms with Gasteiger partial charge in [0.05, 0.1) is 10.8 Å². The van der Waals surface area contributed by atoms with Gasteiger partial charge in [0.1, 0.15) is 0 Å². The Hall–Kier alpha value is -2.87. The Morgan fingerprint density at radius 1 is 0.967 bits per heavy atom. The number of benzene rings is 2. The molecule has 3 amide bonds. The summed E-state index contributed by atoms with van der Waals surface area (Å²) in [7, 11) is 0. The maximum atomic E-state index is 12.5. The molecule has 3 rings (SSSR count). The Balaban J connectivity index is 1.69. The zero-order valence-corrected chi connectivity index (χ0v) is 17.9. The lowest BCUT2D eigenvalue weighted by Gasteiger charge is -2.16. The zero-order chi connectivity index (χ0) is 21.7. The lowest BCUT2D eigenvalue weighted by atomic mass is 9.94. The molecule has 1 aromatic heterocycles. The predicted molar refractivity (Wildman–Crippen MR) is 120 cm³/mol. The van der Waals surface area contributed by atoms with Crippen LogP contribution in [0.15, 0.2) is 60.0 Å². The van der Waals surface area contributed by atoms with Crippen molar-refractivity contribution in [2.45, 2.75) is 12.3 Å². The first-order valence-electron chi connectivity index (χ1n) is 8.82. The highest BCUT2D eigenvalue weighted by atomic mass is 35.5. The summed E-state index contributed by atoms with van der Waals surface area (Å²) < 4.78 is 0. The van der Waals surface area contributed by atoms with Crippen LogP contribution in [-0.4, -0.2) is 17.7 Å². The first-order chi connectivity index (χ1) is 14.3. The predicted octanol–water partition coefficient (Wildman–Crippen LogP) is 4.90.